The van der Waals surface area contributed by atoms with Crippen molar-refractivity contribution in [3.8, 4) is 0 Å². The van der Waals surface area contributed by atoms with Gasteiger partial charge in [-0.3, -0.25) is 9.69 Å². The summed E-state index contributed by atoms with van der Waals surface area (Å²) in [5.74, 6) is 0.748. The highest BCUT2D eigenvalue weighted by atomic mass is 16.5. The van der Waals surface area contributed by atoms with Gasteiger partial charge in [0.2, 0.25) is 0 Å². The van der Waals surface area contributed by atoms with E-state index in [-0.39, 0.29) is 11.0 Å². The maximum absolute atomic E-state index is 12.4. The summed E-state index contributed by atoms with van der Waals surface area (Å²) >= 11 is 0. The van der Waals surface area contributed by atoms with E-state index in [2.05, 4.69) is 14.9 Å². The average Bonchev–Trinajstić information content (AvgIpc) is 2.49. The molecule has 0 atom stereocenters. The standard InChI is InChI=1S/C17H22N4O2/c1-17(2,3)16-18-14-6-7-20(11-13(14)15(22)19-16)10-12-4-8-21(23)9-5-12/h4-5,8-9H,6-7,10-11H2,1-3H3,(H,18,19,22). The Labute approximate surface area is 135 Å². The maximum atomic E-state index is 12.4. The van der Waals surface area contributed by atoms with Gasteiger partial charge in [-0.2, -0.15) is 4.73 Å². The molecule has 2 aromatic rings. The lowest BCUT2D eigenvalue weighted by Gasteiger charge is -2.28. The molecule has 6 heteroatoms. The summed E-state index contributed by atoms with van der Waals surface area (Å²) in [4.78, 5) is 22.2. The Morgan fingerprint density at radius 2 is 2.04 bits per heavy atom. The van der Waals surface area contributed by atoms with Crippen LogP contribution in [-0.4, -0.2) is 21.4 Å². The maximum Gasteiger partial charge on any atom is 0.255 e. The van der Waals surface area contributed by atoms with Crippen molar-refractivity contribution in [2.24, 2.45) is 0 Å². The Hall–Kier alpha value is -2.21. The normalized spacial score (nSPS) is 15.4. The van der Waals surface area contributed by atoms with Crippen LogP contribution in [0.2, 0.25) is 0 Å². The molecule has 0 bridgehead atoms. The van der Waals surface area contributed by atoms with Crippen LogP contribution in [0.5, 0.6) is 0 Å². The highest BCUT2D eigenvalue weighted by molar-refractivity contribution is 5.23. The van der Waals surface area contributed by atoms with Crippen molar-refractivity contribution in [3.05, 3.63) is 62.7 Å². The van der Waals surface area contributed by atoms with Gasteiger partial charge in [-0.1, -0.05) is 20.8 Å². The third kappa shape index (κ3) is 3.42. The minimum absolute atomic E-state index is 0.0323. The molecule has 3 heterocycles. The van der Waals surface area contributed by atoms with Crippen molar-refractivity contribution in [2.75, 3.05) is 6.54 Å². The Morgan fingerprint density at radius 1 is 1.35 bits per heavy atom. The van der Waals surface area contributed by atoms with Crippen LogP contribution in [0.15, 0.2) is 29.3 Å². The predicted octanol–water partition coefficient (Wildman–Crippen LogP) is 1.26. The summed E-state index contributed by atoms with van der Waals surface area (Å²) in [6, 6.07) is 3.63. The highest BCUT2D eigenvalue weighted by Crippen LogP contribution is 2.21. The predicted molar refractivity (Wildman–Crippen MR) is 86.8 cm³/mol. The van der Waals surface area contributed by atoms with Crippen LogP contribution < -0.4 is 10.3 Å². The van der Waals surface area contributed by atoms with Crippen LogP contribution >= 0.6 is 0 Å². The van der Waals surface area contributed by atoms with E-state index in [0.29, 0.717) is 6.54 Å². The van der Waals surface area contributed by atoms with Crippen LogP contribution in [-0.2, 0) is 24.9 Å². The van der Waals surface area contributed by atoms with Gasteiger partial charge in [0.15, 0.2) is 12.4 Å². The first kappa shape index (κ1) is 15.7. The highest BCUT2D eigenvalue weighted by Gasteiger charge is 2.24. The van der Waals surface area contributed by atoms with Gasteiger partial charge in [-0.05, 0) is 5.56 Å². The Balaban J connectivity index is 1.81. The van der Waals surface area contributed by atoms with Crippen molar-refractivity contribution >= 4 is 0 Å². The molecule has 1 N–H and O–H groups in total. The van der Waals surface area contributed by atoms with E-state index in [1.54, 1.807) is 0 Å². The number of aromatic amines is 1. The molecule has 0 spiro atoms. The molecule has 122 valence electrons. The van der Waals surface area contributed by atoms with Crippen LogP contribution in [0.4, 0.5) is 0 Å². The minimum Gasteiger partial charge on any atom is -0.619 e. The molecular formula is C17H22N4O2. The monoisotopic (exact) mass is 314 g/mol. The van der Waals surface area contributed by atoms with E-state index < -0.39 is 0 Å². The van der Waals surface area contributed by atoms with E-state index in [9.17, 15) is 10.0 Å². The lowest BCUT2D eigenvalue weighted by atomic mass is 9.95. The fourth-order valence-electron chi connectivity index (χ4n) is 2.78. The smallest absolute Gasteiger partial charge is 0.255 e. The van der Waals surface area contributed by atoms with Crippen LogP contribution in [0, 0.1) is 5.21 Å². The van der Waals surface area contributed by atoms with Gasteiger partial charge in [0, 0.05) is 43.6 Å². The first-order valence-electron chi connectivity index (χ1n) is 7.85. The molecule has 2 aromatic heterocycles. The summed E-state index contributed by atoms with van der Waals surface area (Å²) in [5.41, 5.74) is 2.55. The number of nitrogens with one attached hydrogen (secondary N) is 1. The lowest BCUT2D eigenvalue weighted by Crippen LogP contribution is -2.37. The van der Waals surface area contributed by atoms with E-state index in [4.69, 9.17) is 0 Å². The molecule has 0 saturated heterocycles. The molecule has 3 rings (SSSR count). The molecule has 0 unspecified atom stereocenters. The molecule has 0 saturated carbocycles. The summed E-state index contributed by atoms with van der Waals surface area (Å²) in [7, 11) is 0. The number of fused-ring (bicyclic) bond motifs is 1. The number of hydrogen-bond acceptors (Lipinski definition) is 4. The SMILES string of the molecule is CC(C)(C)c1nc2c(c(=O)[nH]1)CN(Cc1cc[n+]([O-])cc1)CC2. The number of H-pyrrole nitrogens is 1. The number of aromatic nitrogens is 3. The molecule has 1 aliphatic heterocycles. The van der Waals surface area contributed by atoms with Crippen LogP contribution in [0.3, 0.4) is 0 Å². The Kier molecular flexibility index (Phi) is 3.93. The quantitative estimate of drug-likeness (QED) is 0.669. The summed E-state index contributed by atoms with van der Waals surface area (Å²) < 4.78 is 0.775. The summed E-state index contributed by atoms with van der Waals surface area (Å²) in [5, 5.41) is 11.1. The molecule has 0 aromatic carbocycles. The second-order valence-electron chi connectivity index (χ2n) is 7.12. The van der Waals surface area contributed by atoms with E-state index in [0.717, 1.165) is 46.9 Å². The average molecular weight is 314 g/mol. The zero-order valence-corrected chi connectivity index (χ0v) is 13.8. The number of rotatable bonds is 2. The van der Waals surface area contributed by atoms with Gasteiger partial charge in [0.05, 0.1) is 11.3 Å². The first-order chi connectivity index (χ1) is 10.8. The third-order valence-electron chi connectivity index (χ3n) is 4.14. The largest absolute Gasteiger partial charge is 0.619 e. The van der Waals surface area contributed by atoms with Crippen LogP contribution in [0.1, 0.15) is 43.4 Å². The lowest BCUT2D eigenvalue weighted by molar-refractivity contribution is -0.605. The van der Waals surface area contributed by atoms with Crippen LogP contribution in [0.25, 0.3) is 0 Å². The first-order valence-corrected chi connectivity index (χ1v) is 7.85. The molecule has 0 radical (unpaired) electrons. The number of pyridine rings is 1. The zero-order valence-electron chi connectivity index (χ0n) is 13.8. The molecule has 1 aliphatic rings. The second-order valence-corrected chi connectivity index (χ2v) is 7.12. The third-order valence-corrected chi connectivity index (χ3v) is 4.14. The fraction of sp³-hybridized carbons (Fsp3) is 0.471. The Bertz CT molecular complexity index is 760. The van der Waals surface area contributed by atoms with Crippen molar-refractivity contribution in [3.63, 3.8) is 0 Å². The van der Waals surface area contributed by atoms with Gasteiger partial charge in [-0.15, -0.1) is 0 Å². The number of nitrogens with zero attached hydrogens (tertiary/aromatic N) is 3. The fourth-order valence-corrected chi connectivity index (χ4v) is 2.78. The van der Waals surface area contributed by atoms with Crippen molar-refractivity contribution in [1.29, 1.82) is 0 Å². The van der Waals surface area contributed by atoms with E-state index in [1.807, 2.05) is 32.9 Å². The van der Waals surface area contributed by atoms with Gasteiger partial charge < -0.3 is 10.2 Å². The molecule has 23 heavy (non-hydrogen) atoms. The molecule has 0 fully saturated rings. The Morgan fingerprint density at radius 3 is 2.70 bits per heavy atom. The molecular weight excluding hydrogens is 292 g/mol. The number of hydrogen-bond donors (Lipinski definition) is 1. The van der Waals surface area contributed by atoms with Gasteiger partial charge in [0.1, 0.15) is 5.82 Å². The second kappa shape index (κ2) is 5.77. The van der Waals surface area contributed by atoms with E-state index >= 15 is 0 Å². The zero-order chi connectivity index (χ0) is 16.6. The van der Waals surface area contributed by atoms with Crippen molar-refractivity contribution in [1.82, 2.24) is 14.9 Å². The van der Waals surface area contributed by atoms with Crippen molar-refractivity contribution < 1.29 is 4.73 Å². The minimum atomic E-state index is -0.164. The van der Waals surface area contributed by atoms with Gasteiger partial charge in [0.25, 0.3) is 5.56 Å². The summed E-state index contributed by atoms with van der Waals surface area (Å²) in [6.07, 6.45) is 3.77. The van der Waals surface area contributed by atoms with Gasteiger partial charge >= 0.3 is 0 Å². The van der Waals surface area contributed by atoms with Gasteiger partial charge in [-0.25, -0.2) is 4.98 Å². The topological polar surface area (TPSA) is 75.9 Å². The molecule has 0 amide bonds. The van der Waals surface area contributed by atoms with Crippen molar-refractivity contribution in [2.45, 2.75) is 45.7 Å². The molecule has 0 aliphatic carbocycles. The summed E-state index contributed by atoms with van der Waals surface area (Å²) in [6.45, 7) is 8.31. The van der Waals surface area contributed by atoms with E-state index in [1.165, 1.54) is 12.4 Å². The molecule has 6 nitrogen and oxygen atoms in total.